The predicted octanol–water partition coefficient (Wildman–Crippen LogP) is 2.62. The van der Waals surface area contributed by atoms with Crippen LogP contribution in [0.25, 0.3) is 10.8 Å². The van der Waals surface area contributed by atoms with E-state index >= 15 is 0 Å². The Hall–Kier alpha value is -2.03. The van der Waals surface area contributed by atoms with Crippen LogP contribution in [0.15, 0.2) is 41.4 Å². The Balaban J connectivity index is 1.92. The monoisotopic (exact) mass is 240 g/mol. The lowest BCUT2D eigenvalue weighted by atomic mass is 10.00. The van der Waals surface area contributed by atoms with Gasteiger partial charge in [-0.1, -0.05) is 36.4 Å². The molecule has 0 saturated carbocycles. The molecule has 0 fully saturated rings. The minimum absolute atomic E-state index is 0.669. The zero-order valence-electron chi connectivity index (χ0n) is 10.4. The van der Waals surface area contributed by atoms with Crippen molar-refractivity contribution in [3.8, 4) is 0 Å². The number of hydrogen-bond acceptors (Lipinski definition) is 3. The molecule has 2 aromatic rings. The van der Waals surface area contributed by atoms with Crippen LogP contribution in [0, 0.1) is 6.92 Å². The molecule has 0 aliphatic carbocycles. The first-order valence-corrected chi connectivity index (χ1v) is 6.23. The van der Waals surface area contributed by atoms with Crippen LogP contribution in [0.1, 0.15) is 11.1 Å². The van der Waals surface area contributed by atoms with Gasteiger partial charge in [0.1, 0.15) is 6.61 Å². The summed E-state index contributed by atoms with van der Waals surface area (Å²) in [6, 6.07) is 13.4. The third-order valence-electron chi connectivity index (χ3n) is 3.28. The highest BCUT2D eigenvalue weighted by atomic mass is 16.5. The van der Waals surface area contributed by atoms with E-state index in [0.29, 0.717) is 12.6 Å². The SMILES string of the molecule is Cc1ccc2ccccc2c1CNC1=NCCO1. The van der Waals surface area contributed by atoms with Crippen molar-refractivity contribution in [1.29, 1.82) is 0 Å². The van der Waals surface area contributed by atoms with Crippen molar-refractivity contribution in [2.45, 2.75) is 13.5 Å². The second kappa shape index (κ2) is 4.69. The Morgan fingerprint density at radius 3 is 2.94 bits per heavy atom. The second-order valence-electron chi connectivity index (χ2n) is 4.47. The standard InChI is InChI=1S/C15H16N2O/c1-11-6-7-12-4-2-3-5-13(12)14(11)10-17-15-16-8-9-18-15/h2-7H,8-10H2,1H3,(H,16,17). The topological polar surface area (TPSA) is 33.6 Å². The number of amidine groups is 1. The zero-order valence-corrected chi connectivity index (χ0v) is 10.4. The van der Waals surface area contributed by atoms with Gasteiger partial charge in [-0.2, -0.15) is 0 Å². The first-order valence-electron chi connectivity index (χ1n) is 6.23. The van der Waals surface area contributed by atoms with Gasteiger partial charge in [-0.05, 0) is 28.8 Å². The normalized spacial score (nSPS) is 14.4. The number of benzene rings is 2. The van der Waals surface area contributed by atoms with E-state index in [-0.39, 0.29) is 0 Å². The van der Waals surface area contributed by atoms with Crippen molar-refractivity contribution in [3.05, 3.63) is 47.5 Å². The highest BCUT2D eigenvalue weighted by Crippen LogP contribution is 2.22. The van der Waals surface area contributed by atoms with Crippen molar-refractivity contribution < 1.29 is 4.74 Å². The van der Waals surface area contributed by atoms with E-state index in [1.165, 1.54) is 21.9 Å². The number of fused-ring (bicyclic) bond motifs is 1. The van der Waals surface area contributed by atoms with E-state index in [4.69, 9.17) is 4.74 Å². The quantitative estimate of drug-likeness (QED) is 0.875. The predicted molar refractivity (Wildman–Crippen MR) is 73.8 cm³/mol. The van der Waals surface area contributed by atoms with Crippen LogP contribution in [0.4, 0.5) is 0 Å². The molecule has 3 heteroatoms. The van der Waals surface area contributed by atoms with Gasteiger partial charge in [0.25, 0.3) is 6.02 Å². The first kappa shape index (κ1) is 11.1. The minimum atomic E-state index is 0.669. The Labute approximate surface area is 106 Å². The van der Waals surface area contributed by atoms with Gasteiger partial charge in [0, 0.05) is 6.54 Å². The summed E-state index contributed by atoms with van der Waals surface area (Å²) >= 11 is 0. The number of hydrogen-bond donors (Lipinski definition) is 1. The highest BCUT2D eigenvalue weighted by Gasteiger charge is 2.09. The van der Waals surface area contributed by atoms with Crippen LogP contribution in [0.2, 0.25) is 0 Å². The molecule has 1 N–H and O–H groups in total. The Bertz CT molecular complexity index is 604. The minimum Gasteiger partial charge on any atom is -0.463 e. The van der Waals surface area contributed by atoms with Crippen molar-refractivity contribution in [2.24, 2.45) is 4.99 Å². The first-order chi connectivity index (χ1) is 8.84. The Kier molecular flexibility index (Phi) is 2.89. The molecule has 18 heavy (non-hydrogen) atoms. The summed E-state index contributed by atoms with van der Waals surface area (Å²) in [7, 11) is 0. The summed E-state index contributed by atoms with van der Waals surface area (Å²) in [5, 5.41) is 5.83. The van der Waals surface area contributed by atoms with Crippen LogP contribution < -0.4 is 5.32 Å². The smallest absolute Gasteiger partial charge is 0.285 e. The Morgan fingerprint density at radius 2 is 2.11 bits per heavy atom. The molecule has 92 valence electrons. The lowest BCUT2D eigenvalue weighted by molar-refractivity contribution is 0.331. The van der Waals surface area contributed by atoms with Gasteiger partial charge in [-0.15, -0.1) is 0 Å². The number of nitrogens with one attached hydrogen (secondary N) is 1. The maximum Gasteiger partial charge on any atom is 0.285 e. The van der Waals surface area contributed by atoms with Gasteiger partial charge in [-0.3, -0.25) is 0 Å². The molecular weight excluding hydrogens is 224 g/mol. The molecule has 1 aliphatic heterocycles. The third kappa shape index (κ3) is 2.04. The Morgan fingerprint density at radius 1 is 1.22 bits per heavy atom. The lowest BCUT2D eigenvalue weighted by Crippen LogP contribution is -2.23. The van der Waals surface area contributed by atoms with E-state index in [9.17, 15) is 0 Å². The van der Waals surface area contributed by atoms with Gasteiger partial charge in [0.15, 0.2) is 0 Å². The average Bonchev–Trinajstić information content (AvgIpc) is 2.91. The molecular formula is C15H16N2O. The molecule has 1 aliphatic rings. The fourth-order valence-electron chi connectivity index (χ4n) is 2.29. The fourth-order valence-corrected chi connectivity index (χ4v) is 2.29. The van der Waals surface area contributed by atoms with Gasteiger partial charge in [-0.25, -0.2) is 4.99 Å². The lowest BCUT2D eigenvalue weighted by Gasteiger charge is -2.11. The molecule has 0 atom stereocenters. The molecule has 3 nitrogen and oxygen atoms in total. The largest absolute Gasteiger partial charge is 0.463 e. The molecule has 0 saturated heterocycles. The molecule has 0 radical (unpaired) electrons. The average molecular weight is 240 g/mol. The van der Waals surface area contributed by atoms with Crippen LogP contribution in [0.5, 0.6) is 0 Å². The van der Waals surface area contributed by atoms with Crippen LogP contribution in [-0.2, 0) is 11.3 Å². The molecule has 0 spiro atoms. The van der Waals surface area contributed by atoms with E-state index in [2.05, 4.69) is 53.6 Å². The summed E-state index contributed by atoms with van der Waals surface area (Å²) < 4.78 is 5.37. The molecule has 2 aromatic carbocycles. The summed E-state index contributed by atoms with van der Waals surface area (Å²) in [6.45, 7) is 4.35. The number of ether oxygens (including phenoxy) is 1. The van der Waals surface area contributed by atoms with Gasteiger partial charge in [0.05, 0.1) is 6.54 Å². The van der Waals surface area contributed by atoms with E-state index < -0.39 is 0 Å². The molecule has 1 heterocycles. The molecule has 0 amide bonds. The molecule has 3 rings (SSSR count). The molecule has 0 bridgehead atoms. The van der Waals surface area contributed by atoms with Gasteiger partial charge >= 0.3 is 0 Å². The van der Waals surface area contributed by atoms with Crippen molar-refractivity contribution in [3.63, 3.8) is 0 Å². The summed E-state index contributed by atoms with van der Waals surface area (Å²) in [5.41, 5.74) is 2.60. The van der Waals surface area contributed by atoms with Crippen LogP contribution >= 0.6 is 0 Å². The van der Waals surface area contributed by atoms with Crippen LogP contribution in [0.3, 0.4) is 0 Å². The van der Waals surface area contributed by atoms with Crippen molar-refractivity contribution >= 4 is 16.8 Å². The maximum absolute atomic E-state index is 5.37. The fraction of sp³-hybridized carbons (Fsp3) is 0.267. The number of rotatable bonds is 2. The summed E-state index contributed by atoms with van der Waals surface area (Å²) in [4.78, 5) is 4.24. The van der Waals surface area contributed by atoms with E-state index in [1.807, 2.05) is 0 Å². The maximum atomic E-state index is 5.37. The highest BCUT2D eigenvalue weighted by molar-refractivity contribution is 5.87. The number of nitrogens with zero attached hydrogens (tertiary/aromatic N) is 1. The van der Waals surface area contributed by atoms with Crippen molar-refractivity contribution in [1.82, 2.24) is 5.32 Å². The number of aliphatic imine (C=N–C) groups is 1. The van der Waals surface area contributed by atoms with Crippen LogP contribution in [-0.4, -0.2) is 19.2 Å². The molecule has 0 aromatic heterocycles. The van der Waals surface area contributed by atoms with Gasteiger partial charge in [0.2, 0.25) is 0 Å². The van der Waals surface area contributed by atoms with Gasteiger partial charge < -0.3 is 10.1 Å². The van der Waals surface area contributed by atoms with E-state index in [1.54, 1.807) is 0 Å². The van der Waals surface area contributed by atoms with E-state index in [0.717, 1.165) is 13.1 Å². The summed E-state index contributed by atoms with van der Waals surface area (Å²) in [5.74, 6) is 0. The van der Waals surface area contributed by atoms with Crippen molar-refractivity contribution in [2.75, 3.05) is 13.2 Å². The number of aryl methyl sites for hydroxylation is 1. The summed E-state index contributed by atoms with van der Waals surface area (Å²) in [6.07, 6.45) is 0. The third-order valence-corrected chi connectivity index (χ3v) is 3.28. The zero-order chi connectivity index (χ0) is 12.4. The molecule has 0 unspecified atom stereocenters. The second-order valence-corrected chi connectivity index (χ2v) is 4.47.